The summed E-state index contributed by atoms with van der Waals surface area (Å²) < 4.78 is 5.05. The summed E-state index contributed by atoms with van der Waals surface area (Å²) in [5.74, 6) is -1.17. The maximum atomic E-state index is 12.4. The van der Waals surface area contributed by atoms with Gasteiger partial charge in [0.1, 0.15) is 5.75 Å². The van der Waals surface area contributed by atoms with Crippen LogP contribution in [0.5, 0.6) is 5.75 Å². The van der Waals surface area contributed by atoms with Gasteiger partial charge in [-0.05, 0) is 43.7 Å². The Kier molecular flexibility index (Phi) is 4.95. The van der Waals surface area contributed by atoms with Crippen LogP contribution in [0.2, 0.25) is 0 Å². The zero-order valence-electron chi connectivity index (χ0n) is 13.2. The summed E-state index contributed by atoms with van der Waals surface area (Å²) in [7, 11) is 1.42. The van der Waals surface area contributed by atoms with Gasteiger partial charge in [0.05, 0.1) is 18.7 Å². The van der Waals surface area contributed by atoms with Gasteiger partial charge in [0, 0.05) is 17.5 Å². The number of aromatic nitrogens is 1. The third kappa shape index (κ3) is 4.06. The van der Waals surface area contributed by atoms with Gasteiger partial charge < -0.3 is 15.2 Å². The highest BCUT2D eigenvalue weighted by molar-refractivity contribution is 5.98. The molecule has 1 aromatic heterocycles. The number of nitrogens with zero attached hydrogens (tertiary/aromatic N) is 1. The summed E-state index contributed by atoms with van der Waals surface area (Å²) in [5.41, 5.74) is 1.99. The zero-order chi connectivity index (χ0) is 17.0. The quantitative estimate of drug-likeness (QED) is 0.885. The van der Waals surface area contributed by atoms with E-state index in [0.717, 1.165) is 11.3 Å². The first-order valence-electron chi connectivity index (χ1n) is 7.06. The number of ether oxygens (including phenoxy) is 1. The molecule has 0 saturated heterocycles. The second-order valence-electron chi connectivity index (χ2n) is 5.18. The van der Waals surface area contributed by atoms with E-state index in [1.54, 1.807) is 6.20 Å². The third-order valence-corrected chi connectivity index (χ3v) is 3.43. The first-order valence-corrected chi connectivity index (χ1v) is 7.06. The Morgan fingerprint density at radius 2 is 1.91 bits per heavy atom. The predicted octanol–water partition coefficient (Wildman–Crippen LogP) is 2.59. The topological polar surface area (TPSA) is 88.5 Å². The number of aromatic carboxylic acids is 1. The molecular formula is C17H18N2O4. The fourth-order valence-corrected chi connectivity index (χ4v) is 2.07. The molecule has 2 aromatic rings. The van der Waals surface area contributed by atoms with E-state index in [9.17, 15) is 9.59 Å². The predicted molar refractivity (Wildman–Crippen MR) is 84.8 cm³/mol. The number of hydrogen-bond acceptors (Lipinski definition) is 4. The van der Waals surface area contributed by atoms with Gasteiger partial charge in [0.2, 0.25) is 0 Å². The maximum Gasteiger partial charge on any atom is 0.335 e. The average molecular weight is 314 g/mol. The molecule has 2 rings (SSSR count). The third-order valence-electron chi connectivity index (χ3n) is 3.43. The summed E-state index contributed by atoms with van der Waals surface area (Å²) >= 11 is 0. The normalized spacial score (nSPS) is 11.6. The van der Waals surface area contributed by atoms with Crippen molar-refractivity contribution in [2.75, 3.05) is 7.11 Å². The van der Waals surface area contributed by atoms with Crippen molar-refractivity contribution in [3.8, 4) is 5.75 Å². The maximum absolute atomic E-state index is 12.4. The Morgan fingerprint density at radius 1 is 1.22 bits per heavy atom. The number of aryl methyl sites for hydroxylation is 1. The Balaban J connectivity index is 2.21. The molecule has 1 heterocycles. The fraction of sp³-hybridized carbons (Fsp3) is 0.235. The summed E-state index contributed by atoms with van der Waals surface area (Å²) in [5, 5.41) is 11.9. The molecule has 0 aliphatic heterocycles. The number of rotatable bonds is 5. The number of carboxylic acid groups (broad SMARTS) is 1. The lowest BCUT2D eigenvalue weighted by molar-refractivity contribution is 0.0696. The SMILES string of the molecule is COc1cc(C(=O)O)cc(C(=O)N[C@@H](C)c2ccc(C)nc2)c1. The lowest BCUT2D eigenvalue weighted by atomic mass is 10.1. The van der Waals surface area contributed by atoms with Crippen LogP contribution in [0.4, 0.5) is 0 Å². The minimum atomic E-state index is -1.12. The summed E-state index contributed by atoms with van der Waals surface area (Å²) in [4.78, 5) is 27.7. The summed E-state index contributed by atoms with van der Waals surface area (Å²) in [6, 6.07) is 7.69. The number of hydrogen-bond donors (Lipinski definition) is 2. The van der Waals surface area contributed by atoms with Crippen LogP contribution >= 0.6 is 0 Å². The lowest BCUT2D eigenvalue weighted by Gasteiger charge is -2.15. The number of benzene rings is 1. The summed E-state index contributed by atoms with van der Waals surface area (Å²) in [6.45, 7) is 3.72. The molecule has 2 N–H and O–H groups in total. The molecule has 0 bridgehead atoms. The van der Waals surface area contributed by atoms with E-state index in [0.29, 0.717) is 5.75 Å². The Morgan fingerprint density at radius 3 is 2.48 bits per heavy atom. The Labute approximate surface area is 134 Å². The molecule has 0 radical (unpaired) electrons. The van der Waals surface area contributed by atoms with Gasteiger partial charge in [-0.2, -0.15) is 0 Å². The number of nitrogens with one attached hydrogen (secondary N) is 1. The molecule has 23 heavy (non-hydrogen) atoms. The van der Waals surface area contributed by atoms with Crippen molar-refractivity contribution >= 4 is 11.9 Å². The largest absolute Gasteiger partial charge is 0.497 e. The molecule has 0 aliphatic rings. The van der Waals surface area contributed by atoms with Crippen LogP contribution in [-0.4, -0.2) is 29.1 Å². The fourth-order valence-electron chi connectivity index (χ4n) is 2.07. The van der Waals surface area contributed by atoms with E-state index in [4.69, 9.17) is 9.84 Å². The molecule has 0 saturated carbocycles. The van der Waals surface area contributed by atoms with Gasteiger partial charge in [-0.25, -0.2) is 4.79 Å². The molecule has 6 heteroatoms. The van der Waals surface area contributed by atoms with Crippen molar-refractivity contribution in [3.05, 3.63) is 58.9 Å². The minimum absolute atomic E-state index is 0.000782. The number of carbonyl (C=O) groups excluding carboxylic acids is 1. The van der Waals surface area contributed by atoms with Gasteiger partial charge in [-0.3, -0.25) is 9.78 Å². The van der Waals surface area contributed by atoms with Crippen molar-refractivity contribution in [1.82, 2.24) is 10.3 Å². The number of carbonyl (C=O) groups is 2. The van der Waals surface area contributed by atoms with E-state index in [1.807, 2.05) is 26.0 Å². The molecule has 1 atom stereocenters. The second-order valence-corrected chi connectivity index (χ2v) is 5.18. The number of pyridine rings is 1. The van der Waals surface area contributed by atoms with Crippen LogP contribution < -0.4 is 10.1 Å². The minimum Gasteiger partial charge on any atom is -0.497 e. The molecule has 0 unspecified atom stereocenters. The Bertz CT molecular complexity index is 726. The van der Waals surface area contributed by atoms with Gasteiger partial charge in [-0.15, -0.1) is 0 Å². The standard InChI is InChI=1S/C17H18N2O4/c1-10-4-5-12(9-18-10)11(2)19-16(20)13-6-14(17(21)22)8-15(7-13)23-3/h4-9,11H,1-3H3,(H,19,20)(H,21,22)/t11-/m0/s1. The van der Waals surface area contributed by atoms with Crippen molar-refractivity contribution < 1.29 is 19.4 Å². The van der Waals surface area contributed by atoms with Crippen LogP contribution in [0.25, 0.3) is 0 Å². The number of amides is 1. The highest BCUT2D eigenvalue weighted by atomic mass is 16.5. The van der Waals surface area contributed by atoms with E-state index < -0.39 is 5.97 Å². The van der Waals surface area contributed by atoms with Crippen molar-refractivity contribution in [3.63, 3.8) is 0 Å². The lowest BCUT2D eigenvalue weighted by Crippen LogP contribution is -2.27. The van der Waals surface area contributed by atoms with Crippen LogP contribution in [-0.2, 0) is 0 Å². The first-order chi connectivity index (χ1) is 10.9. The molecule has 6 nitrogen and oxygen atoms in total. The van der Waals surface area contributed by atoms with Crippen LogP contribution in [0.15, 0.2) is 36.5 Å². The van der Waals surface area contributed by atoms with Crippen LogP contribution in [0, 0.1) is 6.92 Å². The highest BCUT2D eigenvalue weighted by Crippen LogP contribution is 2.19. The van der Waals surface area contributed by atoms with Crippen LogP contribution in [0.1, 0.15) is 44.9 Å². The first kappa shape index (κ1) is 16.5. The van der Waals surface area contributed by atoms with E-state index in [1.165, 1.54) is 25.3 Å². The van der Waals surface area contributed by atoms with E-state index in [-0.39, 0.29) is 23.1 Å². The van der Waals surface area contributed by atoms with Gasteiger partial charge in [0.15, 0.2) is 0 Å². The zero-order valence-corrected chi connectivity index (χ0v) is 13.2. The van der Waals surface area contributed by atoms with Crippen molar-refractivity contribution in [1.29, 1.82) is 0 Å². The summed E-state index contributed by atoms with van der Waals surface area (Å²) in [6.07, 6.45) is 1.70. The van der Waals surface area contributed by atoms with E-state index in [2.05, 4.69) is 10.3 Å². The van der Waals surface area contributed by atoms with E-state index >= 15 is 0 Å². The van der Waals surface area contributed by atoms with Crippen LogP contribution in [0.3, 0.4) is 0 Å². The molecule has 1 aromatic carbocycles. The smallest absolute Gasteiger partial charge is 0.335 e. The Hall–Kier alpha value is -2.89. The average Bonchev–Trinajstić information content (AvgIpc) is 2.54. The van der Waals surface area contributed by atoms with Crippen molar-refractivity contribution in [2.45, 2.75) is 19.9 Å². The number of carboxylic acids is 1. The van der Waals surface area contributed by atoms with Gasteiger partial charge >= 0.3 is 5.97 Å². The molecule has 0 fully saturated rings. The van der Waals surface area contributed by atoms with Gasteiger partial charge in [0.25, 0.3) is 5.91 Å². The number of methoxy groups -OCH3 is 1. The second kappa shape index (κ2) is 6.91. The van der Waals surface area contributed by atoms with Crippen molar-refractivity contribution in [2.24, 2.45) is 0 Å². The highest BCUT2D eigenvalue weighted by Gasteiger charge is 2.15. The monoisotopic (exact) mass is 314 g/mol. The molecule has 0 spiro atoms. The molecule has 0 aliphatic carbocycles. The van der Waals surface area contributed by atoms with Gasteiger partial charge in [-0.1, -0.05) is 6.07 Å². The molecule has 120 valence electrons. The molecule has 1 amide bonds. The molecular weight excluding hydrogens is 296 g/mol.